The third kappa shape index (κ3) is 4.64. The Morgan fingerprint density at radius 1 is 1.12 bits per heavy atom. The first-order valence-corrected chi connectivity index (χ1v) is 14.9. The van der Waals surface area contributed by atoms with Crippen LogP contribution in [0.1, 0.15) is 82.9 Å². The van der Waals surface area contributed by atoms with Gasteiger partial charge in [0.1, 0.15) is 5.60 Å². The van der Waals surface area contributed by atoms with E-state index in [0.717, 1.165) is 24.6 Å². The lowest BCUT2D eigenvalue weighted by Crippen LogP contribution is -2.58. The van der Waals surface area contributed by atoms with Crippen molar-refractivity contribution >= 4 is 20.6 Å². The van der Waals surface area contributed by atoms with E-state index in [-0.39, 0.29) is 30.0 Å². The Kier molecular flexibility index (Phi) is 6.62. The summed E-state index contributed by atoms with van der Waals surface area (Å²) in [6.45, 7) is 15.9. The molecule has 2 N–H and O–H groups in total. The normalized spacial score (nSPS) is 25.0. The van der Waals surface area contributed by atoms with Gasteiger partial charge in [-0.05, 0) is 76.3 Å². The topological polar surface area (TPSA) is 55.6 Å². The molecule has 2 aromatic rings. The minimum absolute atomic E-state index is 0.115. The molecule has 2 saturated heterocycles. The number of nitrogen functional groups attached to an aromatic ring is 1. The molecule has 4 rings (SSSR count). The van der Waals surface area contributed by atoms with Gasteiger partial charge in [-0.3, -0.25) is 0 Å². The lowest BCUT2D eigenvalue weighted by Gasteiger charge is -2.48. The molecule has 5 heteroatoms. The van der Waals surface area contributed by atoms with Crippen LogP contribution < -0.4 is 5.73 Å². The number of rotatable bonds is 5. The van der Waals surface area contributed by atoms with Gasteiger partial charge in [0.25, 0.3) is 0 Å². The third-order valence-corrected chi connectivity index (χ3v) is 11.8. The minimum Gasteiger partial charge on any atom is -0.443 e. The maximum absolute atomic E-state index is 13.4. The summed E-state index contributed by atoms with van der Waals surface area (Å²) in [5.41, 5.74) is 10.2. The summed E-state index contributed by atoms with van der Waals surface area (Å²) in [6.07, 6.45) is 1.83. The van der Waals surface area contributed by atoms with E-state index < -0.39 is 14.4 Å². The Morgan fingerprint density at radius 3 is 2.41 bits per heavy atom. The Labute approximate surface area is 207 Å². The van der Waals surface area contributed by atoms with Crippen molar-refractivity contribution in [2.75, 3.05) is 5.73 Å². The second-order valence-electron chi connectivity index (χ2n) is 11.9. The van der Waals surface area contributed by atoms with E-state index >= 15 is 0 Å². The van der Waals surface area contributed by atoms with Crippen LogP contribution in [-0.2, 0) is 10.8 Å². The van der Waals surface area contributed by atoms with Crippen molar-refractivity contribution in [2.45, 2.75) is 102 Å². The van der Waals surface area contributed by atoms with E-state index in [4.69, 9.17) is 10.5 Å². The molecule has 1 amide bonds. The van der Waals surface area contributed by atoms with Crippen LogP contribution in [0.15, 0.2) is 48.5 Å². The van der Waals surface area contributed by atoms with E-state index in [9.17, 15) is 4.79 Å². The summed E-state index contributed by atoms with van der Waals surface area (Å²) >= 11 is 0. The number of ether oxygens (including phenoxy) is 1. The van der Waals surface area contributed by atoms with E-state index in [1.807, 2.05) is 26.0 Å². The van der Waals surface area contributed by atoms with Gasteiger partial charge in [0.2, 0.25) is 0 Å². The van der Waals surface area contributed by atoms with Crippen molar-refractivity contribution in [1.29, 1.82) is 0 Å². The molecule has 0 spiro atoms. The molecular formula is C29H41N2O2Si+. The molecule has 0 radical (unpaired) electrons. The molecule has 2 aliphatic rings. The fourth-order valence-electron chi connectivity index (χ4n) is 5.98. The number of amides is 1. The summed E-state index contributed by atoms with van der Waals surface area (Å²) in [5, 5.41) is 0.355. The Balaban J connectivity index is 1.64. The standard InChI is InChI=1S/C29H41N2O2Si/c1-19(23-11-9-8-10-21(23)18-34(7)28(2,3)4)24-16-17-25-26(20-12-14-22(30)15-13-20)29(5,6)33-27(32)31(24)25/h8-15,19,24-26H,16-18,30H2,1-7H3/q+1/t19-,24-,25-,26?/m1/s1. The summed E-state index contributed by atoms with van der Waals surface area (Å²) < 4.78 is 6.10. The number of fused-ring (bicyclic) bond motifs is 1. The monoisotopic (exact) mass is 477 g/mol. The molecule has 2 fully saturated rings. The molecule has 182 valence electrons. The van der Waals surface area contributed by atoms with E-state index in [1.54, 1.807) is 0 Å². The molecule has 2 aromatic carbocycles. The van der Waals surface area contributed by atoms with Gasteiger partial charge < -0.3 is 15.4 Å². The number of cyclic esters (lactones) is 1. The average molecular weight is 478 g/mol. The van der Waals surface area contributed by atoms with E-state index in [0.29, 0.717) is 5.04 Å². The van der Waals surface area contributed by atoms with Crippen LogP contribution in [0.3, 0.4) is 0 Å². The van der Waals surface area contributed by atoms with Crippen LogP contribution >= 0.6 is 0 Å². The molecule has 1 unspecified atom stereocenters. The van der Waals surface area contributed by atoms with Crippen molar-refractivity contribution in [1.82, 2.24) is 4.90 Å². The van der Waals surface area contributed by atoms with Gasteiger partial charge in [0.15, 0.2) is 0 Å². The Bertz CT molecular complexity index is 1030. The van der Waals surface area contributed by atoms with Crippen LogP contribution in [0.25, 0.3) is 0 Å². The first-order valence-electron chi connectivity index (χ1n) is 12.7. The zero-order chi connectivity index (χ0) is 24.8. The van der Waals surface area contributed by atoms with E-state index in [2.05, 4.69) is 75.5 Å². The molecule has 0 aliphatic carbocycles. The summed E-state index contributed by atoms with van der Waals surface area (Å²) in [7, 11) is -0.548. The second-order valence-corrected chi connectivity index (χ2v) is 15.3. The van der Waals surface area contributed by atoms with Crippen LogP contribution in [0.2, 0.25) is 11.6 Å². The zero-order valence-electron chi connectivity index (χ0n) is 21.9. The molecule has 0 aromatic heterocycles. The van der Waals surface area contributed by atoms with Crippen molar-refractivity contribution in [3.8, 4) is 0 Å². The highest BCUT2D eigenvalue weighted by Gasteiger charge is 2.54. The molecule has 0 bridgehead atoms. The molecule has 0 saturated carbocycles. The highest BCUT2D eigenvalue weighted by atomic mass is 28.3. The number of carbonyl (C=O) groups excluding carboxylic acids is 1. The lowest BCUT2D eigenvalue weighted by molar-refractivity contribution is -0.0655. The number of hydrogen-bond donors (Lipinski definition) is 1. The molecule has 2 aliphatic heterocycles. The fourth-order valence-corrected chi connectivity index (χ4v) is 7.41. The Hall–Kier alpha value is -2.27. The van der Waals surface area contributed by atoms with Crippen molar-refractivity contribution in [2.24, 2.45) is 0 Å². The first-order chi connectivity index (χ1) is 15.9. The van der Waals surface area contributed by atoms with Crippen molar-refractivity contribution < 1.29 is 9.53 Å². The molecule has 4 atom stereocenters. The van der Waals surface area contributed by atoms with Gasteiger partial charge in [-0.2, -0.15) is 0 Å². The molecule has 2 heterocycles. The number of nitrogens with zero attached hydrogens (tertiary/aromatic N) is 1. The zero-order valence-corrected chi connectivity index (χ0v) is 22.9. The van der Waals surface area contributed by atoms with Gasteiger partial charge in [0, 0.05) is 29.6 Å². The number of anilines is 1. The van der Waals surface area contributed by atoms with Gasteiger partial charge >= 0.3 is 14.9 Å². The maximum Gasteiger partial charge on any atom is 0.410 e. The predicted octanol–water partition coefficient (Wildman–Crippen LogP) is 6.92. The van der Waals surface area contributed by atoms with Crippen LogP contribution in [-0.4, -0.2) is 37.5 Å². The fraction of sp³-hybridized carbons (Fsp3) is 0.552. The van der Waals surface area contributed by atoms with Crippen molar-refractivity contribution in [3.63, 3.8) is 0 Å². The highest BCUT2D eigenvalue weighted by molar-refractivity contribution is 6.60. The van der Waals surface area contributed by atoms with Crippen LogP contribution in [0.5, 0.6) is 0 Å². The smallest absolute Gasteiger partial charge is 0.410 e. The third-order valence-electron chi connectivity index (χ3n) is 8.32. The SMILES string of the molecule is C[C@H](c1ccccc1C[Si+](C)C(C)(C)C)[C@H]1CC[C@@H]2C(c3ccc(N)cc3)C(C)(C)OC(=O)N21. The Morgan fingerprint density at radius 2 is 1.76 bits per heavy atom. The lowest BCUT2D eigenvalue weighted by atomic mass is 9.77. The van der Waals surface area contributed by atoms with Gasteiger partial charge in [-0.15, -0.1) is 0 Å². The van der Waals surface area contributed by atoms with Crippen LogP contribution in [0, 0.1) is 0 Å². The number of carbonyl (C=O) groups is 1. The number of benzene rings is 2. The van der Waals surface area contributed by atoms with Gasteiger partial charge in [0.05, 0.1) is 17.6 Å². The summed E-state index contributed by atoms with van der Waals surface area (Å²) in [5.74, 6) is 0.376. The summed E-state index contributed by atoms with van der Waals surface area (Å²) in [4.78, 5) is 15.4. The van der Waals surface area contributed by atoms with E-state index in [1.165, 1.54) is 16.7 Å². The predicted molar refractivity (Wildman–Crippen MR) is 143 cm³/mol. The molecule has 34 heavy (non-hydrogen) atoms. The second kappa shape index (κ2) is 9.07. The quantitative estimate of drug-likeness (QED) is 0.375. The number of hydrogen-bond acceptors (Lipinski definition) is 3. The molecule has 4 nitrogen and oxygen atoms in total. The highest BCUT2D eigenvalue weighted by Crippen LogP contribution is 2.49. The van der Waals surface area contributed by atoms with Crippen molar-refractivity contribution in [3.05, 3.63) is 65.2 Å². The summed E-state index contributed by atoms with van der Waals surface area (Å²) in [6, 6.07) is 18.4. The average Bonchev–Trinajstić information content (AvgIpc) is 3.18. The maximum atomic E-state index is 13.4. The largest absolute Gasteiger partial charge is 0.443 e. The number of nitrogens with two attached hydrogens (primary N) is 1. The first kappa shape index (κ1) is 24.8. The van der Waals surface area contributed by atoms with Gasteiger partial charge in [-0.25, -0.2) is 4.79 Å². The minimum atomic E-state index is -0.559. The van der Waals surface area contributed by atoms with Gasteiger partial charge in [-0.1, -0.05) is 43.3 Å². The van der Waals surface area contributed by atoms with Crippen LogP contribution in [0.4, 0.5) is 10.5 Å². The molecular weight excluding hydrogens is 436 g/mol.